The Balaban J connectivity index is 1.83. The summed E-state index contributed by atoms with van der Waals surface area (Å²) in [5.74, 6) is 0. The second kappa shape index (κ2) is 4.92. The van der Waals surface area contributed by atoms with E-state index in [-0.39, 0.29) is 0 Å². The SMILES string of the molecule is c1ccc(-c2ccc(N3CCCCC3)s2)cc1. The number of thiophene rings is 1. The molecule has 0 saturated carbocycles. The zero-order valence-electron chi connectivity index (χ0n) is 9.93. The first-order chi connectivity index (χ1) is 8.43. The van der Waals surface area contributed by atoms with Crippen LogP contribution in [0.1, 0.15) is 19.3 Å². The first-order valence-electron chi connectivity index (χ1n) is 6.34. The average molecular weight is 243 g/mol. The molecule has 0 N–H and O–H groups in total. The molecule has 2 heteroatoms. The van der Waals surface area contributed by atoms with E-state index in [1.807, 2.05) is 11.3 Å². The van der Waals surface area contributed by atoms with E-state index >= 15 is 0 Å². The molecule has 0 bridgehead atoms. The number of rotatable bonds is 2. The molecule has 88 valence electrons. The summed E-state index contributed by atoms with van der Waals surface area (Å²) in [5, 5.41) is 1.43. The Morgan fingerprint density at radius 3 is 2.35 bits per heavy atom. The highest BCUT2D eigenvalue weighted by Crippen LogP contribution is 2.34. The number of hydrogen-bond acceptors (Lipinski definition) is 2. The fourth-order valence-electron chi connectivity index (χ4n) is 2.37. The van der Waals surface area contributed by atoms with Crippen LogP contribution in [-0.4, -0.2) is 13.1 Å². The molecular weight excluding hydrogens is 226 g/mol. The van der Waals surface area contributed by atoms with Gasteiger partial charge in [-0.2, -0.15) is 0 Å². The van der Waals surface area contributed by atoms with Crippen molar-refractivity contribution in [2.45, 2.75) is 19.3 Å². The summed E-state index contributed by atoms with van der Waals surface area (Å²) in [4.78, 5) is 3.91. The Kier molecular flexibility index (Phi) is 3.14. The topological polar surface area (TPSA) is 3.24 Å². The van der Waals surface area contributed by atoms with E-state index < -0.39 is 0 Å². The molecule has 2 aromatic rings. The van der Waals surface area contributed by atoms with Crippen molar-refractivity contribution >= 4 is 16.3 Å². The average Bonchev–Trinajstić information content (AvgIpc) is 2.90. The molecule has 0 spiro atoms. The van der Waals surface area contributed by atoms with E-state index in [0.717, 1.165) is 0 Å². The third kappa shape index (κ3) is 2.37. The Labute approximate surface area is 107 Å². The van der Waals surface area contributed by atoms with Crippen LogP contribution in [0.3, 0.4) is 0 Å². The molecule has 0 radical (unpaired) electrons. The second-order valence-corrected chi connectivity index (χ2v) is 5.61. The lowest BCUT2D eigenvalue weighted by Crippen LogP contribution is -2.28. The van der Waals surface area contributed by atoms with Gasteiger partial charge in [0.15, 0.2) is 0 Å². The molecule has 1 aliphatic rings. The molecular formula is C15H17NS. The number of nitrogens with zero attached hydrogens (tertiary/aromatic N) is 1. The summed E-state index contributed by atoms with van der Waals surface area (Å²) in [6, 6.07) is 15.2. The monoisotopic (exact) mass is 243 g/mol. The van der Waals surface area contributed by atoms with Crippen molar-refractivity contribution in [1.82, 2.24) is 0 Å². The molecule has 1 saturated heterocycles. The van der Waals surface area contributed by atoms with E-state index in [4.69, 9.17) is 0 Å². The van der Waals surface area contributed by atoms with Crippen LogP contribution in [0, 0.1) is 0 Å². The highest BCUT2D eigenvalue weighted by atomic mass is 32.1. The van der Waals surface area contributed by atoms with Crippen LogP contribution in [0.25, 0.3) is 10.4 Å². The van der Waals surface area contributed by atoms with Crippen LogP contribution in [-0.2, 0) is 0 Å². The van der Waals surface area contributed by atoms with Crippen LogP contribution in [0.2, 0.25) is 0 Å². The third-order valence-electron chi connectivity index (χ3n) is 3.32. The number of hydrogen-bond donors (Lipinski definition) is 0. The molecule has 0 aliphatic carbocycles. The molecule has 0 unspecified atom stereocenters. The van der Waals surface area contributed by atoms with Gasteiger partial charge in [0, 0.05) is 18.0 Å². The molecule has 1 aliphatic heterocycles. The predicted octanol–water partition coefficient (Wildman–Crippen LogP) is 4.41. The first-order valence-corrected chi connectivity index (χ1v) is 7.15. The van der Waals surface area contributed by atoms with Gasteiger partial charge in [-0.25, -0.2) is 0 Å². The summed E-state index contributed by atoms with van der Waals surface area (Å²) in [5.41, 5.74) is 1.33. The van der Waals surface area contributed by atoms with Gasteiger partial charge in [-0.1, -0.05) is 30.3 Å². The minimum absolute atomic E-state index is 1.23. The van der Waals surface area contributed by atoms with E-state index in [1.165, 1.54) is 47.8 Å². The molecule has 2 heterocycles. The normalized spacial score (nSPS) is 16.1. The van der Waals surface area contributed by atoms with Crippen molar-refractivity contribution in [1.29, 1.82) is 0 Å². The maximum absolute atomic E-state index is 2.53. The van der Waals surface area contributed by atoms with Crippen molar-refractivity contribution in [2.75, 3.05) is 18.0 Å². The minimum Gasteiger partial charge on any atom is -0.363 e. The lowest BCUT2D eigenvalue weighted by atomic mass is 10.1. The summed E-state index contributed by atoms with van der Waals surface area (Å²) in [6.45, 7) is 2.46. The van der Waals surface area contributed by atoms with Crippen LogP contribution in [0.5, 0.6) is 0 Å². The van der Waals surface area contributed by atoms with E-state index in [2.05, 4.69) is 47.4 Å². The van der Waals surface area contributed by atoms with Crippen LogP contribution in [0.15, 0.2) is 42.5 Å². The Morgan fingerprint density at radius 1 is 0.824 bits per heavy atom. The summed E-state index contributed by atoms with van der Waals surface area (Å²) >= 11 is 1.92. The molecule has 1 aromatic heterocycles. The smallest absolute Gasteiger partial charge is 0.0914 e. The summed E-state index contributed by atoms with van der Waals surface area (Å²) in [7, 11) is 0. The zero-order valence-corrected chi connectivity index (χ0v) is 10.7. The predicted molar refractivity (Wildman–Crippen MR) is 75.8 cm³/mol. The van der Waals surface area contributed by atoms with E-state index in [1.54, 1.807) is 0 Å². The summed E-state index contributed by atoms with van der Waals surface area (Å²) < 4.78 is 0. The largest absolute Gasteiger partial charge is 0.363 e. The van der Waals surface area contributed by atoms with Gasteiger partial charge in [0.1, 0.15) is 0 Å². The van der Waals surface area contributed by atoms with Gasteiger partial charge in [0.05, 0.1) is 5.00 Å². The van der Waals surface area contributed by atoms with Crippen molar-refractivity contribution in [3.63, 3.8) is 0 Å². The first kappa shape index (κ1) is 10.8. The maximum atomic E-state index is 2.53. The van der Waals surface area contributed by atoms with Gasteiger partial charge in [-0.15, -0.1) is 11.3 Å². The minimum atomic E-state index is 1.23. The number of benzene rings is 1. The third-order valence-corrected chi connectivity index (χ3v) is 4.51. The molecule has 1 fully saturated rings. The summed E-state index contributed by atoms with van der Waals surface area (Å²) in [6.07, 6.45) is 4.09. The lowest BCUT2D eigenvalue weighted by molar-refractivity contribution is 0.580. The van der Waals surface area contributed by atoms with Gasteiger partial charge >= 0.3 is 0 Å². The fourth-order valence-corrected chi connectivity index (χ4v) is 3.43. The maximum Gasteiger partial charge on any atom is 0.0914 e. The lowest BCUT2D eigenvalue weighted by Gasteiger charge is -2.27. The Bertz CT molecular complexity index is 469. The fraction of sp³-hybridized carbons (Fsp3) is 0.333. The molecule has 0 atom stereocenters. The molecule has 0 amide bonds. The van der Waals surface area contributed by atoms with Gasteiger partial charge < -0.3 is 4.90 Å². The highest BCUT2D eigenvalue weighted by Gasteiger charge is 2.13. The van der Waals surface area contributed by atoms with E-state index in [0.29, 0.717) is 0 Å². The molecule has 1 nitrogen and oxygen atoms in total. The molecule has 17 heavy (non-hydrogen) atoms. The van der Waals surface area contributed by atoms with Crippen molar-refractivity contribution in [3.8, 4) is 10.4 Å². The van der Waals surface area contributed by atoms with Crippen LogP contribution < -0.4 is 4.90 Å². The molecule has 1 aromatic carbocycles. The van der Waals surface area contributed by atoms with Gasteiger partial charge in [0.2, 0.25) is 0 Å². The Hall–Kier alpha value is -1.28. The van der Waals surface area contributed by atoms with Crippen molar-refractivity contribution in [2.24, 2.45) is 0 Å². The Morgan fingerprint density at radius 2 is 1.59 bits per heavy atom. The van der Waals surface area contributed by atoms with Crippen molar-refractivity contribution < 1.29 is 0 Å². The van der Waals surface area contributed by atoms with Crippen LogP contribution in [0.4, 0.5) is 5.00 Å². The quantitative estimate of drug-likeness (QED) is 0.755. The number of anilines is 1. The van der Waals surface area contributed by atoms with E-state index in [9.17, 15) is 0 Å². The van der Waals surface area contributed by atoms with Gasteiger partial charge in [-0.3, -0.25) is 0 Å². The van der Waals surface area contributed by atoms with Crippen LogP contribution >= 0.6 is 11.3 Å². The van der Waals surface area contributed by atoms with Gasteiger partial charge in [-0.05, 0) is 37.0 Å². The number of piperidine rings is 1. The zero-order chi connectivity index (χ0) is 11.5. The van der Waals surface area contributed by atoms with Gasteiger partial charge in [0.25, 0.3) is 0 Å². The highest BCUT2D eigenvalue weighted by molar-refractivity contribution is 7.19. The molecule has 3 rings (SSSR count). The standard InChI is InChI=1S/C15H17NS/c1-3-7-13(8-4-1)14-9-10-15(17-14)16-11-5-2-6-12-16/h1,3-4,7-10H,2,5-6,11-12H2. The second-order valence-electron chi connectivity index (χ2n) is 4.55. The van der Waals surface area contributed by atoms with Crippen molar-refractivity contribution in [3.05, 3.63) is 42.5 Å².